The first-order chi connectivity index (χ1) is 16.0. The maximum atomic E-state index is 12.9. The Morgan fingerprint density at radius 3 is 2.47 bits per heavy atom. The summed E-state index contributed by atoms with van der Waals surface area (Å²) in [5.41, 5.74) is 0.0548. The summed E-state index contributed by atoms with van der Waals surface area (Å²) in [5.74, 6) is -0.00823. The highest BCUT2D eigenvalue weighted by Crippen LogP contribution is 2.27. The molecule has 0 bridgehead atoms. The van der Waals surface area contributed by atoms with E-state index < -0.39 is 17.8 Å². The van der Waals surface area contributed by atoms with Gasteiger partial charge in [0.1, 0.15) is 11.4 Å². The molecule has 0 unspecified atom stereocenters. The van der Waals surface area contributed by atoms with Crippen molar-refractivity contribution in [3.8, 4) is 0 Å². The molecule has 0 radical (unpaired) electrons. The zero-order valence-electron chi connectivity index (χ0n) is 19.7. The third kappa shape index (κ3) is 7.03. The number of benzene rings is 1. The number of amides is 2. The Morgan fingerprint density at radius 2 is 1.82 bits per heavy atom. The van der Waals surface area contributed by atoms with Crippen molar-refractivity contribution in [2.45, 2.75) is 39.4 Å². The first-order valence-corrected chi connectivity index (χ1v) is 11.4. The lowest BCUT2D eigenvalue weighted by atomic mass is 9.94. The van der Waals surface area contributed by atoms with E-state index in [-0.39, 0.29) is 17.5 Å². The second-order valence-electron chi connectivity index (χ2n) is 9.22. The first-order valence-electron chi connectivity index (χ1n) is 11.4. The van der Waals surface area contributed by atoms with Crippen LogP contribution in [0.25, 0.3) is 0 Å². The van der Waals surface area contributed by atoms with E-state index in [1.807, 2.05) is 18.0 Å². The lowest BCUT2D eigenvalue weighted by molar-refractivity contribution is -0.141. The minimum atomic E-state index is -4.61. The molecular formula is C25H31F3N4O2. The molecule has 1 aliphatic rings. The molecule has 0 saturated carbocycles. The predicted molar refractivity (Wildman–Crippen MR) is 124 cm³/mol. The third-order valence-corrected chi connectivity index (χ3v) is 5.82. The number of aromatic nitrogens is 1. The molecule has 2 aromatic rings. The molecule has 2 amide bonds. The van der Waals surface area contributed by atoms with Gasteiger partial charge in [0.2, 0.25) is 5.91 Å². The van der Waals surface area contributed by atoms with Gasteiger partial charge in [-0.15, -0.1) is 0 Å². The van der Waals surface area contributed by atoms with Crippen LogP contribution >= 0.6 is 0 Å². The average Bonchev–Trinajstić information content (AvgIpc) is 2.78. The minimum absolute atomic E-state index is 0.0468. The van der Waals surface area contributed by atoms with E-state index in [0.29, 0.717) is 18.2 Å². The summed E-state index contributed by atoms with van der Waals surface area (Å²) >= 11 is 0. The van der Waals surface area contributed by atoms with Gasteiger partial charge >= 0.3 is 6.18 Å². The van der Waals surface area contributed by atoms with Gasteiger partial charge in [-0.2, -0.15) is 13.2 Å². The Hall–Kier alpha value is -2.94. The van der Waals surface area contributed by atoms with Crippen molar-refractivity contribution >= 4 is 17.5 Å². The van der Waals surface area contributed by atoms with Gasteiger partial charge in [-0.25, -0.2) is 4.98 Å². The van der Waals surface area contributed by atoms with Crippen molar-refractivity contribution in [3.63, 3.8) is 0 Å². The van der Waals surface area contributed by atoms with Crippen LogP contribution in [0.2, 0.25) is 0 Å². The molecule has 0 atom stereocenters. The van der Waals surface area contributed by atoms with Gasteiger partial charge in [0.05, 0.1) is 0 Å². The second-order valence-corrected chi connectivity index (χ2v) is 9.22. The molecule has 1 aromatic carbocycles. The van der Waals surface area contributed by atoms with Crippen molar-refractivity contribution in [2.24, 2.45) is 11.8 Å². The van der Waals surface area contributed by atoms with E-state index in [4.69, 9.17) is 0 Å². The summed E-state index contributed by atoms with van der Waals surface area (Å²) in [6.45, 7) is 7.22. The highest BCUT2D eigenvalue weighted by atomic mass is 19.4. The smallest absolute Gasteiger partial charge is 0.345 e. The van der Waals surface area contributed by atoms with Crippen LogP contribution in [0.1, 0.15) is 48.4 Å². The first kappa shape index (κ1) is 25.7. The minimum Gasteiger partial charge on any atom is -0.345 e. The predicted octanol–water partition coefficient (Wildman–Crippen LogP) is 4.68. The lowest BCUT2D eigenvalue weighted by Crippen LogP contribution is -2.41. The van der Waals surface area contributed by atoms with Gasteiger partial charge in [-0.05, 0) is 61.7 Å². The molecule has 184 valence electrons. The molecule has 3 rings (SSSR count). The summed E-state index contributed by atoms with van der Waals surface area (Å²) in [4.78, 5) is 32.6. The molecule has 1 aliphatic heterocycles. The Bertz CT molecular complexity index is 1000. The second kappa shape index (κ2) is 11.0. The number of nitrogens with one attached hydrogen (secondary N) is 1. The van der Waals surface area contributed by atoms with Gasteiger partial charge in [-0.1, -0.05) is 32.0 Å². The highest BCUT2D eigenvalue weighted by molar-refractivity contribution is 6.02. The largest absolute Gasteiger partial charge is 0.433 e. The molecule has 1 N–H and O–H groups in total. The molecule has 1 aromatic heterocycles. The average molecular weight is 477 g/mol. The summed E-state index contributed by atoms with van der Waals surface area (Å²) in [6, 6.07) is 10.5. The molecular weight excluding hydrogens is 445 g/mol. The fourth-order valence-corrected chi connectivity index (χ4v) is 4.21. The van der Waals surface area contributed by atoms with E-state index in [1.54, 1.807) is 18.2 Å². The Morgan fingerprint density at radius 1 is 1.15 bits per heavy atom. The molecule has 34 heavy (non-hydrogen) atoms. The van der Waals surface area contributed by atoms with Crippen molar-refractivity contribution in [1.82, 2.24) is 14.8 Å². The zero-order chi connectivity index (χ0) is 24.9. The SMILES string of the molecule is CC(C)CN(C)C(=O)C1CCN(Cc2cccc(NC(=O)c3cccc(C(F)(F)F)n3)c2)CC1. The normalized spacial score (nSPS) is 15.4. The zero-order valence-corrected chi connectivity index (χ0v) is 19.7. The Labute approximate surface area is 198 Å². The highest BCUT2D eigenvalue weighted by Gasteiger charge is 2.33. The van der Waals surface area contributed by atoms with Crippen LogP contribution in [0.5, 0.6) is 0 Å². The number of halogens is 3. The van der Waals surface area contributed by atoms with Gasteiger partial charge in [0.15, 0.2) is 0 Å². The molecule has 0 aliphatic carbocycles. The van der Waals surface area contributed by atoms with E-state index in [9.17, 15) is 22.8 Å². The number of anilines is 1. The summed E-state index contributed by atoms with van der Waals surface area (Å²) in [5, 5.41) is 2.63. The van der Waals surface area contributed by atoms with Crippen LogP contribution in [-0.2, 0) is 17.5 Å². The third-order valence-electron chi connectivity index (χ3n) is 5.82. The van der Waals surface area contributed by atoms with Crippen molar-refractivity contribution in [2.75, 3.05) is 32.0 Å². The number of alkyl halides is 3. The van der Waals surface area contributed by atoms with Gasteiger partial charge < -0.3 is 10.2 Å². The summed E-state index contributed by atoms with van der Waals surface area (Å²) in [6.07, 6.45) is -3.00. The fourth-order valence-electron chi connectivity index (χ4n) is 4.21. The number of carbonyl (C=O) groups is 2. The topological polar surface area (TPSA) is 65.5 Å². The molecule has 9 heteroatoms. The van der Waals surface area contributed by atoms with Crippen molar-refractivity contribution in [1.29, 1.82) is 0 Å². The maximum absolute atomic E-state index is 12.9. The van der Waals surface area contributed by atoms with E-state index in [0.717, 1.165) is 50.2 Å². The van der Waals surface area contributed by atoms with Gasteiger partial charge in [0, 0.05) is 31.7 Å². The number of piperidine rings is 1. The molecule has 2 heterocycles. The molecule has 1 saturated heterocycles. The van der Waals surface area contributed by atoms with Crippen LogP contribution < -0.4 is 5.32 Å². The molecule has 1 fully saturated rings. The maximum Gasteiger partial charge on any atom is 0.433 e. The number of carbonyl (C=O) groups excluding carboxylic acids is 2. The number of hydrogen-bond donors (Lipinski definition) is 1. The van der Waals surface area contributed by atoms with Crippen molar-refractivity contribution < 1.29 is 22.8 Å². The van der Waals surface area contributed by atoms with Crippen molar-refractivity contribution in [3.05, 3.63) is 59.4 Å². The van der Waals surface area contributed by atoms with Crippen LogP contribution in [0.15, 0.2) is 42.5 Å². The van der Waals surface area contributed by atoms with E-state index in [1.165, 1.54) is 6.07 Å². The summed E-state index contributed by atoms with van der Waals surface area (Å²) < 4.78 is 38.6. The Kier molecular flexibility index (Phi) is 8.30. The van der Waals surface area contributed by atoms with Gasteiger partial charge in [-0.3, -0.25) is 14.5 Å². The number of likely N-dealkylation sites (tertiary alicyclic amines) is 1. The van der Waals surface area contributed by atoms with E-state index in [2.05, 4.69) is 29.0 Å². The number of rotatable bonds is 7. The van der Waals surface area contributed by atoms with Crippen LogP contribution in [-0.4, -0.2) is 53.3 Å². The Balaban J connectivity index is 1.55. The molecule has 0 spiro atoms. The number of pyridine rings is 1. The van der Waals surface area contributed by atoms with Crippen LogP contribution in [0.4, 0.5) is 18.9 Å². The van der Waals surface area contributed by atoms with Gasteiger partial charge in [0.25, 0.3) is 5.91 Å². The monoisotopic (exact) mass is 476 g/mol. The van der Waals surface area contributed by atoms with Crippen LogP contribution in [0.3, 0.4) is 0 Å². The molecule has 6 nitrogen and oxygen atoms in total. The fraction of sp³-hybridized carbons (Fsp3) is 0.480. The number of nitrogens with zero attached hydrogens (tertiary/aromatic N) is 3. The lowest BCUT2D eigenvalue weighted by Gasteiger charge is -2.33. The quantitative estimate of drug-likeness (QED) is 0.630. The number of hydrogen-bond acceptors (Lipinski definition) is 4. The van der Waals surface area contributed by atoms with Crippen LogP contribution in [0, 0.1) is 11.8 Å². The van der Waals surface area contributed by atoms with E-state index >= 15 is 0 Å². The standard InChI is InChI=1S/C25H31F3N4O2/c1-17(2)15-31(3)24(34)19-10-12-32(13-11-19)16-18-6-4-7-20(14-18)29-23(33)21-8-5-9-22(30-21)25(26,27)28/h4-9,14,17,19H,10-13,15-16H2,1-3H3,(H,29,33). The summed E-state index contributed by atoms with van der Waals surface area (Å²) in [7, 11) is 1.86.